The van der Waals surface area contributed by atoms with Crippen LogP contribution in [-0.2, 0) is 9.53 Å². The lowest BCUT2D eigenvalue weighted by Crippen LogP contribution is -2.50. The van der Waals surface area contributed by atoms with Crippen LogP contribution in [0.25, 0.3) is 0 Å². The fraction of sp³-hybridized carbons (Fsp3) is 0.611. The fourth-order valence-corrected chi connectivity index (χ4v) is 2.58. The molecular formula is C18H28ClFN2O3. The summed E-state index contributed by atoms with van der Waals surface area (Å²) < 4.78 is 24.9. The number of hydrogen-bond acceptors (Lipinski definition) is 4. The third-order valence-corrected chi connectivity index (χ3v) is 4.27. The largest absolute Gasteiger partial charge is 0.488 e. The normalized spacial score (nSPS) is 21.3. The van der Waals surface area contributed by atoms with Gasteiger partial charge in [-0.1, -0.05) is 32.9 Å². The van der Waals surface area contributed by atoms with E-state index in [-0.39, 0.29) is 48.2 Å². The van der Waals surface area contributed by atoms with Gasteiger partial charge in [0.1, 0.15) is 12.7 Å². The Balaban J connectivity index is 0.00000312. The van der Waals surface area contributed by atoms with E-state index < -0.39 is 11.9 Å². The molecule has 1 aliphatic heterocycles. The summed E-state index contributed by atoms with van der Waals surface area (Å²) in [4.78, 5) is 12.4. The summed E-state index contributed by atoms with van der Waals surface area (Å²) >= 11 is 0. The summed E-state index contributed by atoms with van der Waals surface area (Å²) in [6.45, 7) is 6.61. The van der Waals surface area contributed by atoms with Gasteiger partial charge in [-0.3, -0.25) is 4.79 Å². The van der Waals surface area contributed by atoms with Crippen LogP contribution in [0.5, 0.6) is 5.75 Å². The SMILES string of the molecule is CC(C)(C)C(COc1ccccc1F)NC(=O)[C@@H]1CC[C@H](CN)O1.Cl. The predicted molar refractivity (Wildman–Crippen MR) is 97.5 cm³/mol. The van der Waals surface area contributed by atoms with E-state index in [1.165, 1.54) is 6.07 Å². The average molecular weight is 375 g/mol. The standard InChI is InChI=1S/C18H27FN2O3.ClH/c1-18(2,3)16(11-23-14-7-5-4-6-13(14)19)21-17(22)15-9-8-12(10-20)24-15;/h4-7,12,15-16H,8-11,20H2,1-3H3,(H,21,22);1H/t12-,15+,16?;/m1./s1. The molecule has 2 rings (SSSR count). The summed E-state index contributed by atoms with van der Waals surface area (Å²) in [5.74, 6) is -0.397. The van der Waals surface area contributed by atoms with Crippen molar-refractivity contribution in [2.24, 2.45) is 11.1 Å². The van der Waals surface area contributed by atoms with E-state index in [4.69, 9.17) is 15.2 Å². The lowest BCUT2D eigenvalue weighted by Gasteiger charge is -2.32. The molecule has 1 heterocycles. The van der Waals surface area contributed by atoms with Crippen molar-refractivity contribution in [3.8, 4) is 5.75 Å². The van der Waals surface area contributed by atoms with E-state index in [1.807, 2.05) is 20.8 Å². The summed E-state index contributed by atoms with van der Waals surface area (Å²) in [5.41, 5.74) is 5.34. The number of para-hydroxylation sites is 1. The molecule has 1 aliphatic rings. The zero-order valence-corrected chi connectivity index (χ0v) is 15.8. The highest BCUT2D eigenvalue weighted by Gasteiger charge is 2.34. The number of benzene rings is 1. The molecule has 1 aromatic carbocycles. The number of rotatable bonds is 6. The molecule has 1 unspecified atom stereocenters. The van der Waals surface area contributed by atoms with E-state index in [9.17, 15) is 9.18 Å². The van der Waals surface area contributed by atoms with E-state index in [1.54, 1.807) is 18.2 Å². The lowest BCUT2D eigenvalue weighted by molar-refractivity contribution is -0.133. The van der Waals surface area contributed by atoms with Gasteiger partial charge >= 0.3 is 0 Å². The monoisotopic (exact) mass is 374 g/mol. The third-order valence-electron chi connectivity index (χ3n) is 4.27. The maximum absolute atomic E-state index is 13.7. The Kier molecular flexibility index (Phi) is 8.12. The Labute approximate surface area is 154 Å². The van der Waals surface area contributed by atoms with Gasteiger partial charge in [-0.25, -0.2) is 4.39 Å². The molecule has 1 amide bonds. The van der Waals surface area contributed by atoms with Crippen LogP contribution in [0.2, 0.25) is 0 Å². The van der Waals surface area contributed by atoms with E-state index in [2.05, 4.69) is 5.32 Å². The van der Waals surface area contributed by atoms with Crippen molar-refractivity contribution in [1.82, 2.24) is 5.32 Å². The summed E-state index contributed by atoms with van der Waals surface area (Å²) in [7, 11) is 0. The number of carbonyl (C=O) groups excluding carboxylic acids is 1. The first-order valence-electron chi connectivity index (χ1n) is 8.34. The maximum atomic E-state index is 13.7. The molecule has 0 bridgehead atoms. The van der Waals surface area contributed by atoms with Crippen LogP contribution >= 0.6 is 12.4 Å². The van der Waals surface area contributed by atoms with Gasteiger partial charge in [-0.15, -0.1) is 12.4 Å². The van der Waals surface area contributed by atoms with Crippen LogP contribution < -0.4 is 15.8 Å². The van der Waals surface area contributed by atoms with Gasteiger partial charge in [0, 0.05) is 6.54 Å². The van der Waals surface area contributed by atoms with Crippen molar-refractivity contribution >= 4 is 18.3 Å². The Morgan fingerprint density at radius 3 is 2.64 bits per heavy atom. The van der Waals surface area contributed by atoms with Gasteiger partial charge in [0.15, 0.2) is 11.6 Å². The summed E-state index contributed by atoms with van der Waals surface area (Å²) in [6, 6.07) is 5.96. The molecule has 0 aliphatic carbocycles. The van der Waals surface area contributed by atoms with Crippen LogP contribution in [0, 0.1) is 11.2 Å². The zero-order valence-electron chi connectivity index (χ0n) is 15.0. The Morgan fingerprint density at radius 1 is 1.40 bits per heavy atom. The first-order valence-corrected chi connectivity index (χ1v) is 8.34. The highest BCUT2D eigenvalue weighted by Crippen LogP contribution is 2.24. The predicted octanol–water partition coefficient (Wildman–Crippen LogP) is 2.66. The molecule has 25 heavy (non-hydrogen) atoms. The Bertz CT molecular complexity index is 565. The van der Waals surface area contributed by atoms with Crippen LogP contribution in [-0.4, -0.2) is 37.3 Å². The highest BCUT2D eigenvalue weighted by atomic mass is 35.5. The Morgan fingerprint density at radius 2 is 2.08 bits per heavy atom. The van der Waals surface area contributed by atoms with Crippen LogP contribution in [0.1, 0.15) is 33.6 Å². The number of amides is 1. The molecule has 7 heteroatoms. The minimum atomic E-state index is -0.475. The minimum Gasteiger partial charge on any atom is -0.488 e. The van der Waals surface area contributed by atoms with Crippen molar-refractivity contribution in [3.63, 3.8) is 0 Å². The van der Waals surface area contributed by atoms with Gasteiger partial charge in [0.05, 0.1) is 12.1 Å². The quantitative estimate of drug-likeness (QED) is 0.802. The fourth-order valence-electron chi connectivity index (χ4n) is 2.58. The molecule has 0 spiro atoms. The van der Waals surface area contributed by atoms with Crippen molar-refractivity contribution < 1.29 is 18.7 Å². The van der Waals surface area contributed by atoms with Gasteiger partial charge in [-0.05, 0) is 30.4 Å². The Hall–Kier alpha value is -1.37. The summed E-state index contributed by atoms with van der Waals surface area (Å²) in [5, 5.41) is 2.98. The molecule has 0 radical (unpaired) electrons. The number of nitrogens with one attached hydrogen (secondary N) is 1. The van der Waals surface area contributed by atoms with Gasteiger partial charge in [0.2, 0.25) is 5.91 Å². The molecule has 142 valence electrons. The number of nitrogens with two attached hydrogens (primary N) is 1. The smallest absolute Gasteiger partial charge is 0.249 e. The molecule has 3 N–H and O–H groups in total. The van der Waals surface area contributed by atoms with Crippen LogP contribution in [0.3, 0.4) is 0 Å². The first-order chi connectivity index (χ1) is 11.3. The van der Waals surface area contributed by atoms with Crippen LogP contribution in [0.15, 0.2) is 24.3 Å². The van der Waals surface area contributed by atoms with Crippen molar-refractivity contribution in [2.45, 2.75) is 51.9 Å². The maximum Gasteiger partial charge on any atom is 0.249 e. The molecule has 1 saturated heterocycles. The molecule has 3 atom stereocenters. The van der Waals surface area contributed by atoms with E-state index >= 15 is 0 Å². The van der Waals surface area contributed by atoms with Crippen molar-refractivity contribution in [2.75, 3.05) is 13.2 Å². The van der Waals surface area contributed by atoms with Gasteiger partial charge in [0.25, 0.3) is 0 Å². The molecule has 5 nitrogen and oxygen atoms in total. The first kappa shape index (κ1) is 21.7. The van der Waals surface area contributed by atoms with Crippen molar-refractivity contribution in [3.05, 3.63) is 30.1 Å². The second kappa shape index (κ2) is 9.36. The molecule has 1 aromatic rings. The molecule has 0 aromatic heterocycles. The average Bonchev–Trinajstić information content (AvgIpc) is 3.00. The molecule has 1 fully saturated rings. The number of ether oxygens (including phenoxy) is 2. The highest BCUT2D eigenvalue weighted by molar-refractivity contribution is 5.85. The molecule has 0 saturated carbocycles. The van der Waals surface area contributed by atoms with Gasteiger partial charge < -0.3 is 20.5 Å². The molecular weight excluding hydrogens is 347 g/mol. The second-order valence-corrected chi connectivity index (χ2v) is 7.23. The van der Waals surface area contributed by atoms with E-state index in [0.717, 1.165) is 6.42 Å². The van der Waals surface area contributed by atoms with Crippen LogP contribution in [0.4, 0.5) is 4.39 Å². The topological polar surface area (TPSA) is 73.6 Å². The lowest BCUT2D eigenvalue weighted by atomic mass is 9.87. The number of halogens is 2. The van der Waals surface area contributed by atoms with Crippen molar-refractivity contribution in [1.29, 1.82) is 0 Å². The summed E-state index contributed by atoms with van der Waals surface area (Å²) in [6.07, 6.45) is 0.930. The number of carbonyl (C=O) groups is 1. The minimum absolute atomic E-state index is 0. The zero-order chi connectivity index (χ0) is 17.7. The second-order valence-electron chi connectivity index (χ2n) is 7.23. The third kappa shape index (κ3) is 6.13. The van der Waals surface area contributed by atoms with Gasteiger partial charge in [-0.2, -0.15) is 0 Å². The van der Waals surface area contributed by atoms with E-state index in [0.29, 0.717) is 13.0 Å². The number of hydrogen-bond donors (Lipinski definition) is 2.